The number of benzene rings is 1. The summed E-state index contributed by atoms with van der Waals surface area (Å²) in [7, 11) is 0. The van der Waals surface area contributed by atoms with Gasteiger partial charge >= 0.3 is 0 Å². The van der Waals surface area contributed by atoms with E-state index in [-0.39, 0.29) is 17.7 Å². The van der Waals surface area contributed by atoms with Gasteiger partial charge in [0.15, 0.2) is 0 Å². The summed E-state index contributed by atoms with van der Waals surface area (Å²) in [5.41, 5.74) is 2.48. The van der Waals surface area contributed by atoms with E-state index < -0.39 is 0 Å². The predicted molar refractivity (Wildman–Crippen MR) is 99.5 cm³/mol. The van der Waals surface area contributed by atoms with E-state index in [0.29, 0.717) is 18.9 Å². The lowest BCUT2D eigenvalue weighted by molar-refractivity contribution is -0.136. The number of nitrogens with zero attached hydrogens (tertiary/aromatic N) is 3. The molecule has 2 amide bonds. The number of likely N-dealkylation sites (tertiary alicyclic amines) is 1. The second-order valence-electron chi connectivity index (χ2n) is 7.74. The molecule has 0 aliphatic carbocycles. The average Bonchev–Trinajstić information content (AvgIpc) is 2.94. The largest absolute Gasteiger partial charge is 0.368 e. The zero-order valence-corrected chi connectivity index (χ0v) is 15.6. The Morgan fingerprint density at radius 1 is 1.20 bits per heavy atom. The Morgan fingerprint density at radius 3 is 2.56 bits per heavy atom. The first-order valence-electron chi connectivity index (χ1n) is 9.32. The third kappa shape index (κ3) is 4.14. The number of hydrogen-bond donors (Lipinski definition) is 0. The monoisotopic (exact) mass is 343 g/mol. The topological polar surface area (TPSA) is 43.9 Å². The number of rotatable bonds is 4. The maximum absolute atomic E-state index is 12.8. The smallest absolute Gasteiger partial charge is 0.228 e. The molecular weight excluding hydrogens is 314 g/mol. The standard InChI is InChI=1S/C20H29N3O2/c1-15(2)13-23-14-17(12-19(23)24)20(25)22-9-7-21(8-10-22)18-6-4-5-16(3)11-18/h4-6,11,15,17H,7-10,12-14H2,1-3H3/t17-/m0/s1. The summed E-state index contributed by atoms with van der Waals surface area (Å²) in [6.45, 7) is 10.8. The Hall–Kier alpha value is -2.04. The van der Waals surface area contributed by atoms with Crippen LogP contribution in [-0.2, 0) is 9.59 Å². The molecular formula is C20H29N3O2. The minimum atomic E-state index is -0.156. The molecule has 0 N–H and O–H groups in total. The van der Waals surface area contributed by atoms with Crippen LogP contribution in [0.5, 0.6) is 0 Å². The van der Waals surface area contributed by atoms with Crippen LogP contribution >= 0.6 is 0 Å². The van der Waals surface area contributed by atoms with Crippen molar-refractivity contribution < 1.29 is 9.59 Å². The van der Waals surface area contributed by atoms with Gasteiger partial charge in [0, 0.05) is 51.4 Å². The lowest BCUT2D eigenvalue weighted by Gasteiger charge is -2.37. The molecule has 0 saturated carbocycles. The molecule has 2 aliphatic rings. The Morgan fingerprint density at radius 2 is 1.92 bits per heavy atom. The third-order valence-corrected chi connectivity index (χ3v) is 5.11. The van der Waals surface area contributed by atoms with Crippen molar-refractivity contribution in [2.75, 3.05) is 44.2 Å². The quantitative estimate of drug-likeness (QED) is 0.841. The number of hydrogen-bond acceptors (Lipinski definition) is 3. The molecule has 2 saturated heterocycles. The average molecular weight is 343 g/mol. The van der Waals surface area contributed by atoms with Crippen LogP contribution in [0.1, 0.15) is 25.8 Å². The maximum atomic E-state index is 12.8. The van der Waals surface area contributed by atoms with Crippen molar-refractivity contribution in [2.24, 2.45) is 11.8 Å². The second kappa shape index (κ2) is 7.46. The van der Waals surface area contributed by atoms with Crippen LogP contribution in [0.4, 0.5) is 5.69 Å². The van der Waals surface area contributed by atoms with E-state index in [0.717, 1.165) is 32.7 Å². The fourth-order valence-electron chi connectivity index (χ4n) is 3.82. The molecule has 136 valence electrons. The zero-order chi connectivity index (χ0) is 18.0. The molecule has 2 fully saturated rings. The highest BCUT2D eigenvalue weighted by Crippen LogP contribution is 2.23. The molecule has 5 nitrogen and oxygen atoms in total. The van der Waals surface area contributed by atoms with E-state index in [2.05, 4.69) is 49.9 Å². The Labute approximate surface area is 150 Å². The van der Waals surface area contributed by atoms with Gasteiger partial charge < -0.3 is 14.7 Å². The van der Waals surface area contributed by atoms with E-state index in [1.165, 1.54) is 11.3 Å². The molecule has 1 atom stereocenters. The molecule has 3 rings (SSSR count). The molecule has 25 heavy (non-hydrogen) atoms. The molecule has 0 bridgehead atoms. The first-order chi connectivity index (χ1) is 11.9. The normalized spacial score (nSPS) is 21.4. The lowest BCUT2D eigenvalue weighted by atomic mass is 10.1. The summed E-state index contributed by atoms with van der Waals surface area (Å²) in [6, 6.07) is 8.50. The van der Waals surface area contributed by atoms with Gasteiger partial charge in [-0.25, -0.2) is 0 Å². The van der Waals surface area contributed by atoms with Crippen LogP contribution in [0, 0.1) is 18.8 Å². The molecule has 0 radical (unpaired) electrons. The van der Waals surface area contributed by atoms with Crippen molar-refractivity contribution in [3.05, 3.63) is 29.8 Å². The number of amides is 2. The summed E-state index contributed by atoms with van der Waals surface area (Å²) in [6.07, 6.45) is 0.379. The Kier molecular flexibility index (Phi) is 5.30. The second-order valence-corrected chi connectivity index (χ2v) is 7.74. The Balaban J connectivity index is 1.54. The summed E-state index contributed by atoms with van der Waals surface area (Å²) in [5.74, 6) is 0.571. The van der Waals surface area contributed by atoms with Crippen LogP contribution in [0.3, 0.4) is 0 Å². The van der Waals surface area contributed by atoms with Gasteiger partial charge in [-0.3, -0.25) is 9.59 Å². The summed E-state index contributed by atoms with van der Waals surface area (Å²) < 4.78 is 0. The van der Waals surface area contributed by atoms with Crippen molar-refractivity contribution in [2.45, 2.75) is 27.2 Å². The van der Waals surface area contributed by atoms with Crippen molar-refractivity contribution in [3.63, 3.8) is 0 Å². The van der Waals surface area contributed by atoms with Gasteiger partial charge in [0.2, 0.25) is 11.8 Å². The minimum Gasteiger partial charge on any atom is -0.368 e. The molecule has 0 aromatic heterocycles. The van der Waals surface area contributed by atoms with Gasteiger partial charge in [-0.2, -0.15) is 0 Å². The van der Waals surface area contributed by atoms with E-state index in [9.17, 15) is 9.59 Å². The third-order valence-electron chi connectivity index (χ3n) is 5.11. The van der Waals surface area contributed by atoms with Gasteiger partial charge in [-0.05, 0) is 30.5 Å². The van der Waals surface area contributed by atoms with Crippen LogP contribution in [0.25, 0.3) is 0 Å². The highest BCUT2D eigenvalue weighted by molar-refractivity contribution is 5.89. The number of carbonyl (C=O) groups is 2. The minimum absolute atomic E-state index is 0.130. The fourth-order valence-corrected chi connectivity index (χ4v) is 3.82. The summed E-state index contributed by atoms with van der Waals surface area (Å²) >= 11 is 0. The lowest BCUT2D eigenvalue weighted by Crippen LogP contribution is -2.50. The summed E-state index contributed by atoms with van der Waals surface area (Å²) in [4.78, 5) is 31.1. The van der Waals surface area contributed by atoms with E-state index >= 15 is 0 Å². The fraction of sp³-hybridized carbons (Fsp3) is 0.600. The Bertz CT molecular complexity index is 636. The number of anilines is 1. The van der Waals surface area contributed by atoms with E-state index in [1.807, 2.05) is 9.80 Å². The van der Waals surface area contributed by atoms with Crippen molar-refractivity contribution >= 4 is 17.5 Å². The van der Waals surface area contributed by atoms with E-state index in [4.69, 9.17) is 0 Å². The van der Waals surface area contributed by atoms with Gasteiger partial charge in [-0.1, -0.05) is 26.0 Å². The molecule has 0 unspecified atom stereocenters. The van der Waals surface area contributed by atoms with Crippen molar-refractivity contribution in [1.29, 1.82) is 0 Å². The van der Waals surface area contributed by atoms with Gasteiger partial charge in [0.1, 0.15) is 0 Å². The molecule has 0 spiro atoms. The number of aryl methyl sites for hydroxylation is 1. The number of piperazine rings is 1. The molecule has 1 aromatic carbocycles. The number of carbonyl (C=O) groups excluding carboxylic acids is 2. The molecule has 1 aromatic rings. The van der Waals surface area contributed by atoms with Crippen LogP contribution in [-0.4, -0.2) is 60.9 Å². The van der Waals surface area contributed by atoms with Crippen molar-refractivity contribution in [1.82, 2.24) is 9.80 Å². The molecule has 2 heterocycles. The predicted octanol–water partition coefficient (Wildman–Crippen LogP) is 2.15. The van der Waals surface area contributed by atoms with Crippen LogP contribution in [0.15, 0.2) is 24.3 Å². The molecule has 5 heteroatoms. The summed E-state index contributed by atoms with van der Waals surface area (Å²) in [5, 5.41) is 0. The zero-order valence-electron chi connectivity index (χ0n) is 15.6. The van der Waals surface area contributed by atoms with Gasteiger partial charge in [0.05, 0.1) is 5.92 Å². The van der Waals surface area contributed by atoms with Gasteiger partial charge in [-0.15, -0.1) is 0 Å². The van der Waals surface area contributed by atoms with E-state index in [1.54, 1.807) is 0 Å². The van der Waals surface area contributed by atoms with Gasteiger partial charge in [0.25, 0.3) is 0 Å². The van der Waals surface area contributed by atoms with Crippen LogP contribution < -0.4 is 4.90 Å². The van der Waals surface area contributed by atoms with Crippen LogP contribution in [0.2, 0.25) is 0 Å². The highest BCUT2D eigenvalue weighted by atomic mass is 16.2. The SMILES string of the molecule is Cc1cccc(N2CCN(C(=O)[C@H]3CC(=O)N(CC(C)C)C3)CC2)c1. The van der Waals surface area contributed by atoms with Crippen molar-refractivity contribution in [3.8, 4) is 0 Å². The molecule has 2 aliphatic heterocycles. The first kappa shape index (κ1) is 17.8. The highest BCUT2D eigenvalue weighted by Gasteiger charge is 2.37. The maximum Gasteiger partial charge on any atom is 0.228 e. The first-order valence-corrected chi connectivity index (χ1v) is 9.32.